The number of nitrogens with one attached hydrogen (secondary N) is 1. The average Bonchev–Trinajstić information content (AvgIpc) is 2.49. The second-order valence-electron chi connectivity index (χ2n) is 6.19. The highest BCUT2D eigenvalue weighted by atomic mass is 16.4. The Morgan fingerprint density at radius 2 is 1.90 bits per heavy atom. The van der Waals surface area contributed by atoms with Crippen LogP contribution in [0.15, 0.2) is 5.16 Å². The summed E-state index contributed by atoms with van der Waals surface area (Å²) >= 11 is 0. The molecule has 4 N–H and O–H groups in total. The summed E-state index contributed by atoms with van der Waals surface area (Å²) in [6.45, 7) is 1.67. The molecule has 0 spiro atoms. The number of amides is 1. The van der Waals surface area contributed by atoms with E-state index in [9.17, 15) is 4.79 Å². The number of amidine groups is 1. The van der Waals surface area contributed by atoms with E-state index in [1.54, 1.807) is 0 Å². The molecule has 0 aromatic carbocycles. The van der Waals surface area contributed by atoms with Crippen molar-refractivity contribution in [2.75, 3.05) is 20.1 Å². The summed E-state index contributed by atoms with van der Waals surface area (Å²) in [7, 11) is 2.04. The van der Waals surface area contributed by atoms with Crippen molar-refractivity contribution in [2.45, 2.75) is 50.5 Å². The Bertz CT molecular complexity index is 369. The fourth-order valence-corrected chi connectivity index (χ4v) is 3.24. The first-order valence-corrected chi connectivity index (χ1v) is 7.56. The van der Waals surface area contributed by atoms with Crippen LogP contribution in [0.3, 0.4) is 0 Å². The average molecular weight is 282 g/mol. The Morgan fingerprint density at radius 3 is 2.45 bits per heavy atom. The van der Waals surface area contributed by atoms with Crippen molar-refractivity contribution in [3.8, 4) is 0 Å². The van der Waals surface area contributed by atoms with Crippen LogP contribution >= 0.6 is 0 Å². The highest BCUT2D eigenvalue weighted by molar-refractivity contribution is 5.94. The Balaban J connectivity index is 2.06. The molecule has 1 heterocycles. The molecule has 0 bridgehead atoms. The molecular weight excluding hydrogens is 256 g/mol. The van der Waals surface area contributed by atoms with E-state index in [0.29, 0.717) is 12.8 Å². The Kier molecular flexibility index (Phi) is 4.86. The van der Waals surface area contributed by atoms with Crippen LogP contribution in [0.25, 0.3) is 0 Å². The minimum Gasteiger partial charge on any atom is -0.409 e. The van der Waals surface area contributed by atoms with Crippen molar-refractivity contribution in [3.05, 3.63) is 0 Å². The third-order valence-corrected chi connectivity index (χ3v) is 4.78. The SMILES string of the molecule is CN1CCC(NC(=O)C2CCCCC2)(/C(N)=N/O)CC1. The maximum absolute atomic E-state index is 12.5. The van der Waals surface area contributed by atoms with Gasteiger partial charge in [-0.05, 0) is 32.7 Å². The molecule has 20 heavy (non-hydrogen) atoms. The number of nitrogens with zero attached hydrogens (tertiary/aromatic N) is 2. The molecule has 1 saturated heterocycles. The van der Waals surface area contributed by atoms with Gasteiger partial charge in [0.1, 0.15) is 5.54 Å². The number of piperidine rings is 1. The van der Waals surface area contributed by atoms with Gasteiger partial charge in [0.25, 0.3) is 0 Å². The second-order valence-corrected chi connectivity index (χ2v) is 6.19. The van der Waals surface area contributed by atoms with Crippen molar-refractivity contribution in [2.24, 2.45) is 16.8 Å². The lowest BCUT2D eigenvalue weighted by Crippen LogP contribution is -2.62. The van der Waals surface area contributed by atoms with Gasteiger partial charge in [-0.3, -0.25) is 4.79 Å². The molecular formula is C14H26N4O2. The van der Waals surface area contributed by atoms with Crippen molar-refractivity contribution in [3.63, 3.8) is 0 Å². The van der Waals surface area contributed by atoms with Crippen LogP contribution in [-0.2, 0) is 4.79 Å². The van der Waals surface area contributed by atoms with E-state index in [0.717, 1.165) is 38.8 Å². The smallest absolute Gasteiger partial charge is 0.223 e. The Morgan fingerprint density at radius 1 is 1.30 bits per heavy atom. The van der Waals surface area contributed by atoms with Gasteiger partial charge in [-0.2, -0.15) is 0 Å². The topological polar surface area (TPSA) is 91.0 Å². The number of oxime groups is 1. The summed E-state index contributed by atoms with van der Waals surface area (Å²) in [4.78, 5) is 14.6. The molecule has 0 radical (unpaired) electrons. The predicted octanol–water partition coefficient (Wildman–Crippen LogP) is 0.894. The van der Waals surface area contributed by atoms with Crippen LogP contribution < -0.4 is 11.1 Å². The Labute approximate surface area is 120 Å². The summed E-state index contributed by atoms with van der Waals surface area (Å²) in [5.41, 5.74) is 5.20. The minimum atomic E-state index is -0.671. The lowest BCUT2D eigenvalue weighted by Gasteiger charge is -2.41. The molecule has 2 rings (SSSR count). The van der Waals surface area contributed by atoms with Crippen LogP contribution in [0.5, 0.6) is 0 Å². The van der Waals surface area contributed by atoms with Crippen molar-refractivity contribution in [1.82, 2.24) is 10.2 Å². The second kappa shape index (κ2) is 6.43. The first-order chi connectivity index (χ1) is 9.57. The molecule has 6 heteroatoms. The van der Waals surface area contributed by atoms with Gasteiger partial charge in [-0.15, -0.1) is 0 Å². The predicted molar refractivity (Wildman–Crippen MR) is 77.6 cm³/mol. The summed E-state index contributed by atoms with van der Waals surface area (Å²) in [5, 5.41) is 15.3. The molecule has 2 aliphatic rings. The van der Waals surface area contributed by atoms with Crippen LogP contribution in [0, 0.1) is 5.92 Å². The van der Waals surface area contributed by atoms with Crippen molar-refractivity contribution >= 4 is 11.7 Å². The molecule has 1 saturated carbocycles. The van der Waals surface area contributed by atoms with E-state index in [4.69, 9.17) is 10.9 Å². The van der Waals surface area contributed by atoms with Gasteiger partial charge in [0, 0.05) is 19.0 Å². The third-order valence-electron chi connectivity index (χ3n) is 4.78. The fourth-order valence-electron chi connectivity index (χ4n) is 3.24. The summed E-state index contributed by atoms with van der Waals surface area (Å²) in [5.74, 6) is 0.294. The van der Waals surface area contributed by atoms with Crippen molar-refractivity contribution < 1.29 is 10.0 Å². The molecule has 6 nitrogen and oxygen atoms in total. The van der Waals surface area contributed by atoms with Crippen LogP contribution in [0.4, 0.5) is 0 Å². The van der Waals surface area contributed by atoms with Crippen molar-refractivity contribution in [1.29, 1.82) is 0 Å². The summed E-state index contributed by atoms with van der Waals surface area (Å²) in [6, 6.07) is 0. The molecule has 2 fully saturated rings. The van der Waals surface area contributed by atoms with Crippen LogP contribution in [0.1, 0.15) is 44.9 Å². The Hall–Kier alpha value is -1.30. The van der Waals surface area contributed by atoms with Gasteiger partial charge >= 0.3 is 0 Å². The van der Waals surface area contributed by atoms with Gasteiger partial charge in [-0.1, -0.05) is 24.4 Å². The van der Waals surface area contributed by atoms with Gasteiger partial charge in [-0.25, -0.2) is 0 Å². The van der Waals surface area contributed by atoms with E-state index < -0.39 is 5.54 Å². The number of nitrogens with two attached hydrogens (primary N) is 1. The molecule has 1 aliphatic heterocycles. The van der Waals surface area contributed by atoms with E-state index in [1.165, 1.54) is 6.42 Å². The molecule has 0 unspecified atom stereocenters. The van der Waals surface area contributed by atoms with Gasteiger partial charge < -0.3 is 21.2 Å². The molecule has 1 amide bonds. The number of likely N-dealkylation sites (tertiary alicyclic amines) is 1. The fraction of sp³-hybridized carbons (Fsp3) is 0.857. The zero-order chi connectivity index (χ0) is 14.6. The van der Waals surface area contributed by atoms with Gasteiger partial charge in [0.15, 0.2) is 5.84 Å². The van der Waals surface area contributed by atoms with Gasteiger partial charge in [0.2, 0.25) is 5.91 Å². The number of hydrogen-bond acceptors (Lipinski definition) is 4. The maximum Gasteiger partial charge on any atom is 0.223 e. The molecule has 1 aliphatic carbocycles. The number of carbonyl (C=O) groups excluding carboxylic acids is 1. The summed E-state index contributed by atoms with van der Waals surface area (Å²) < 4.78 is 0. The van der Waals surface area contributed by atoms with E-state index >= 15 is 0 Å². The molecule has 114 valence electrons. The first kappa shape index (κ1) is 15.1. The highest BCUT2D eigenvalue weighted by Gasteiger charge is 2.40. The lowest BCUT2D eigenvalue weighted by molar-refractivity contribution is -0.127. The number of rotatable bonds is 3. The van der Waals surface area contributed by atoms with Crippen LogP contribution in [-0.4, -0.2) is 47.5 Å². The van der Waals surface area contributed by atoms with E-state index in [-0.39, 0.29) is 17.7 Å². The third kappa shape index (κ3) is 3.23. The number of carbonyl (C=O) groups is 1. The molecule has 0 aromatic heterocycles. The zero-order valence-electron chi connectivity index (χ0n) is 12.3. The quantitative estimate of drug-likeness (QED) is 0.310. The standard InChI is InChI=1S/C14H26N4O2/c1-18-9-7-14(8-10-18,13(15)17-20)16-12(19)11-5-3-2-4-6-11/h11,20H,2-10H2,1H3,(H2,15,17)(H,16,19). The van der Waals surface area contributed by atoms with Gasteiger partial charge in [0.05, 0.1) is 0 Å². The first-order valence-electron chi connectivity index (χ1n) is 7.56. The maximum atomic E-state index is 12.5. The zero-order valence-corrected chi connectivity index (χ0v) is 12.3. The normalized spacial score (nSPS) is 25.4. The largest absolute Gasteiger partial charge is 0.409 e. The lowest BCUT2D eigenvalue weighted by atomic mass is 9.83. The van der Waals surface area contributed by atoms with E-state index in [2.05, 4.69) is 15.4 Å². The highest BCUT2D eigenvalue weighted by Crippen LogP contribution is 2.27. The number of hydrogen-bond donors (Lipinski definition) is 3. The molecule has 0 atom stereocenters. The minimum absolute atomic E-state index is 0.0702. The van der Waals surface area contributed by atoms with Crippen LogP contribution in [0.2, 0.25) is 0 Å². The summed E-state index contributed by atoms with van der Waals surface area (Å²) in [6.07, 6.45) is 6.76. The van der Waals surface area contributed by atoms with E-state index in [1.807, 2.05) is 7.05 Å². The monoisotopic (exact) mass is 282 g/mol. The molecule has 0 aromatic rings.